The molecule has 4 radical (unpaired) electrons. The van der Waals surface area contributed by atoms with Gasteiger partial charge in [-0.3, -0.25) is 9.69 Å². The minimum absolute atomic E-state index is 0.0160. The predicted molar refractivity (Wildman–Crippen MR) is 132 cm³/mol. The van der Waals surface area contributed by atoms with Crippen molar-refractivity contribution in [1.29, 1.82) is 0 Å². The van der Waals surface area contributed by atoms with Crippen LogP contribution >= 0.6 is 0 Å². The van der Waals surface area contributed by atoms with Gasteiger partial charge in [-0.05, 0) is 44.9 Å². The van der Waals surface area contributed by atoms with E-state index in [0.29, 0.717) is 24.5 Å². The Bertz CT molecular complexity index is 935. The smallest absolute Gasteiger partial charge is 0.228 e. The van der Waals surface area contributed by atoms with Gasteiger partial charge in [0.05, 0.1) is 18.6 Å². The average Bonchev–Trinajstić information content (AvgIpc) is 2.77. The van der Waals surface area contributed by atoms with E-state index in [1.165, 1.54) is 0 Å². The molecule has 1 amide bonds. The van der Waals surface area contributed by atoms with Gasteiger partial charge >= 0.3 is 0 Å². The second-order valence-electron chi connectivity index (χ2n) is 9.21. The van der Waals surface area contributed by atoms with E-state index in [0.717, 1.165) is 36.1 Å². The minimum atomic E-state index is -1.11. The highest BCUT2D eigenvalue weighted by Crippen LogP contribution is 2.30. The highest BCUT2D eigenvalue weighted by molar-refractivity contribution is 6.34. The lowest BCUT2D eigenvalue weighted by atomic mass is 9.82. The maximum atomic E-state index is 12.5. The first kappa shape index (κ1) is 25.3. The van der Waals surface area contributed by atoms with Crippen molar-refractivity contribution >= 4 is 27.3 Å². The molecule has 2 aromatic carbocycles. The molecule has 1 saturated heterocycles. The van der Waals surface area contributed by atoms with Crippen LogP contribution in [0.1, 0.15) is 36.5 Å². The van der Waals surface area contributed by atoms with E-state index in [-0.39, 0.29) is 24.9 Å². The van der Waals surface area contributed by atoms with Crippen LogP contribution < -0.4 is 10.1 Å². The Morgan fingerprint density at radius 2 is 2.00 bits per heavy atom. The van der Waals surface area contributed by atoms with Crippen LogP contribution in [-0.2, 0) is 17.8 Å². The summed E-state index contributed by atoms with van der Waals surface area (Å²) >= 11 is 0. The molecule has 0 aromatic heterocycles. The molecule has 1 aliphatic rings. The Morgan fingerprint density at radius 3 is 2.67 bits per heavy atom. The van der Waals surface area contributed by atoms with E-state index < -0.39 is 11.5 Å². The molecule has 8 heteroatoms. The van der Waals surface area contributed by atoms with Crippen LogP contribution in [0.5, 0.6) is 5.75 Å². The molecule has 2 unspecified atom stereocenters. The SMILES string of the molecule is [B]C([B])Oc1cc(NC(=O)Cc2ccc(C)cc2)ccc1CN1CCCC(C(C)(O)CO)C1. The fourth-order valence-corrected chi connectivity index (χ4v) is 4.19. The number of nitrogens with one attached hydrogen (secondary N) is 1. The predicted octanol–water partition coefficient (Wildman–Crippen LogP) is 2.13. The summed E-state index contributed by atoms with van der Waals surface area (Å²) in [5.74, 6) is -0.627. The summed E-state index contributed by atoms with van der Waals surface area (Å²) in [5.41, 5.74) is 2.47. The maximum Gasteiger partial charge on any atom is 0.228 e. The van der Waals surface area contributed by atoms with Crippen LogP contribution in [-0.4, -0.2) is 67.9 Å². The molecule has 2 atom stereocenters. The Morgan fingerprint density at radius 1 is 1.27 bits per heavy atom. The van der Waals surface area contributed by atoms with Gasteiger partial charge in [-0.15, -0.1) is 0 Å². The average molecular weight is 446 g/mol. The van der Waals surface area contributed by atoms with Gasteiger partial charge in [-0.1, -0.05) is 35.9 Å². The number of carbonyl (C=O) groups excluding carboxylic acids is 1. The number of aryl methyl sites for hydroxylation is 1. The van der Waals surface area contributed by atoms with Gasteiger partial charge in [0.25, 0.3) is 0 Å². The third kappa shape index (κ3) is 7.36. The van der Waals surface area contributed by atoms with Gasteiger partial charge in [0.1, 0.15) is 21.4 Å². The standard InChI is InChI=1S/C25H32B2N2O4/c1-17-5-7-18(8-6-17)12-23(31)28-21-10-9-19(22(13-21)33-24(26)27)14-29-11-3-4-20(15-29)25(2,32)16-30/h5-10,13,20,24,30,32H,3-4,11-12,14-16H2,1-2H3,(H,28,31). The number of amides is 1. The highest BCUT2D eigenvalue weighted by atomic mass is 16.5. The van der Waals surface area contributed by atoms with Gasteiger partial charge < -0.3 is 20.3 Å². The van der Waals surface area contributed by atoms with Gasteiger partial charge in [0.15, 0.2) is 0 Å². The zero-order chi connectivity index (χ0) is 24.0. The van der Waals surface area contributed by atoms with E-state index in [2.05, 4.69) is 10.2 Å². The number of carbonyl (C=O) groups is 1. The van der Waals surface area contributed by atoms with Gasteiger partial charge in [0, 0.05) is 42.2 Å². The fraction of sp³-hybridized carbons (Fsp3) is 0.480. The number of anilines is 1. The zero-order valence-corrected chi connectivity index (χ0v) is 19.5. The quantitative estimate of drug-likeness (QED) is 0.515. The lowest BCUT2D eigenvalue weighted by Crippen LogP contribution is -2.47. The number of hydrogen-bond acceptors (Lipinski definition) is 5. The first-order valence-corrected chi connectivity index (χ1v) is 11.4. The fourth-order valence-electron chi connectivity index (χ4n) is 4.19. The van der Waals surface area contributed by atoms with Crippen molar-refractivity contribution in [3.05, 3.63) is 59.2 Å². The molecule has 6 nitrogen and oxygen atoms in total. The topological polar surface area (TPSA) is 82.0 Å². The van der Waals surface area contributed by atoms with Crippen LogP contribution in [0.2, 0.25) is 0 Å². The molecule has 172 valence electrons. The number of hydrogen-bond donors (Lipinski definition) is 3. The molecule has 1 fully saturated rings. The van der Waals surface area contributed by atoms with E-state index in [1.807, 2.05) is 43.3 Å². The third-order valence-electron chi connectivity index (χ3n) is 6.20. The van der Waals surface area contributed by atoms with Crippen LogP contribution in [0.15, 0.2) is 42.5 Å². The molecule has 1 heterocycles. The number of benzene rings is 2. The number of piperidine rings is 1. The summed E-state index contributed by atoms with van der Waals surface area (Å²) in [6.45, 7) is 5.54. The lowest BCUT2D eigenvalue weighted by Gasteiger charge is -2.39. The molecular formula is C25H32B2N2O4. The van der Waals surface area contributed by atoms with Crippen LogP contribution in [0, 0.1) is 12.8 Å². The molecule has 3 N–H and O–H groups in total. The van der Waals surface area contributed by atoms with Crippen molar-refractivity contribution in [2.45, 2.75) is 51.2 Å². The number of aliphatic hydroxyl groups is 2. The molecule has 0 aliphatic carbocycles. The largest absolute Gasteiger partial charge is 0.509 e. The summed E-state index contributed by atoms with van der Waals surface area (Å²) in [5, 5.41) is 22.9. The summed E-state index contributed by atoms with van der Waals surface area (Å²) in [7, 11) is 11.4. The van der Waals surface area contributed by atoms with Crippen molar-refractivity contribution in [3.63, 3.8) is 0 Å². The lowest BCUT2D eigenvalue weighted by molar-refractivity contribution is -0.115. The molecule has 1 aliphatic heterocycles. The van der Waals surface area contributed by atoms with Crippen molar-refractivity contribution in [2.24, 2.45) is 5.92 Å². The summed E-state index contributed by atoms with van der Waals surface area (Å²) in [6, 6.07) is 13.3. The Labute approximate surface area is 199 Å². The van der Waals surface area contributed by atoms with Crippen LogP contribution in [0.4, 0.5) is 5.69 Å². The number of likely N-dealkylation sites (tertiary alicyclic amines) is 1. The Kier molecular flexibility index (Phi) is 8.63. The van der Waals surface area contributed by atoms with E-state index >= 15 is 0 Å². The van der Waals surface area contributed by atoms with Crippen molar-refractivity contribution in [2.75, 3.05) is 25.0 Å². The third-order valence-corrected chi connectivity index (χ3v) is 6.20. The molecule has 2 aromatic rings. The second-order valence-corrected chi connectivity index (χ2v) is 9.21. The second kappa shape index (κ2) is 11.2. The number of aliphatic hydroxyl groups excluding tert-OH is 1. The van der Waals surface area contributed by atoms with E-state index in [1.54, 1.807) is 13.0 Å². The zero-order valence-electron chi connectivity index (χ0n) is 19.5. The number of rotatable bonds is 9. The van der Waals surface area contributed by atoms with Crippen LogP contribution in [0.25, 0.3) is 0 Å². The summed E-state index contributed by atoms with van der Waals surface area (Å²) < 4.78 is 5.64. The van der Waals surface area contributed by atoms with Crippen molar-refractivity contribution in [3.8, 4) is 5.75 Å². The van der Waals surface area contributed by atoms with E-state index in [4.69, 9.17) is 20.4 Å². The monoisotopic (exact) mass is 446 g/mol. The van der Waals surface area contributed by atoms with Gasteiger partial charge in [0.2, 0.25) is 5.91 Å². The molecular weight excluding hydrogens is 414 g/mol. The molecule has 0 spiro atoms. The Hall–Kier alpha value is -2.28. The van der Waals surface area contributed by atoms with Crippen LogP contribution in [0.3, 0.4) is 0 Å². The van der Waals surface area contributed by atoms with Crippen molar-refractivity contribution in [1.82, 2.24) is 4.90 Å². The number of nitrogens with zero attached hydrogens (tertiary/aromatic N) is 1. The molecule has 3 rings (SSSR count). The molecule has 0 bridgehead atoms. The first-order chi connectivity index (χ1) is 15.7. The van der Waals surface area contributed by atoms with Gasteiger partial charge in [-0.25, -0.2) is 0 Å². The molecule has 0 saturated carbocycles. The summed E-state index contributed by atoms with van der Waals surface area (Å²) in [4.78, 5) is 14.7. The van der Waals surface area contributed by atoms with E-state index in [9.17, 15) is 15.0 Å². The highest BCUT2D eigenvalue weighted by Gasteiger charge is 2.34. The normalized spacial score (nSPS) is 18.6. The first-order valence-electron chi connectivity index (χ1n) is 11.4. The minimum Gasteiger partial charge on any atom is -0.509 e. The Balaban J connectivity index is 1.69. The number of ether oxygens (including phenoxy) is 1. The molecule has 33 heavy (non-hydrogen) atoms. The van der Waals surface area contributed by atoms with Crippen molar-refractivity contribution < 1.29 is 19.7 Å². The summed E-state index contributed by atoms with van der Waals surface area (Å²) in [6.07, 6.45) is 2.07. The maximum absolute atomic E-state index is 12.5. The van der Waals surface area contributed by atoms with Gasteiger partial charge in [-0.2, -0.15) is 0 Å².